The molecule has 0 aliphatic carbocycles. The molecule has 7 heteroatoms. The van der Waals surface area contributed by atoms with Crippen molar-refractivity contribution in [3.05, 3.63) is 59.9 Å². The van der Waals surface area contributed by atoms with Crippen LogP contribution in [0.5, 0.6) is 11.5 Å². The van der Waals surface area contributed by atoms with Crippen molar-refractivity contribution >= 4 is 11.8 Å². The topological polar surface area (TPSA) is 76.7 Å². The molecule has 1 atom stereocenters. The second-order valence-electron chi connectivity index (χ2n) is 5.53. The first-order chi connectivity index (χ1) is 12.5. The van der Waals surface area contributed by atoms with E-state index in [1.54, 1.807) is 24.3 Å². The standard InChI is InChI=1S/C19H21FN2O4/c1-3-12-25-16-8-4-14(5-9-16)19(24)22-21-18(23)13(2)26-17-10-6-15(20)7-11-17/h4-11,13H,3,12H2,1-2H3,(H,21,23)(H,22,24). The molecule has 0 heterocycles. The van der Waals surface area contributed by atoms with Crippen molar-refractivity contribution in [2.24, 2.45) is 0 Å². The molecule has 0 aliphatic rings. The monoisotopic (exact) mass is 360 g/mol. The second-order valence-corrected chi connectivity index (χ2v) is 5.53. The average molecular weight is 360 g/mol. The third-order valence-corrected chi connectivity index (χ3v) is 3.38. The van der Waals surface area contributed by atoms with E-state index in [0.717, 1.165) is 6.42 Å². The Hall–Kier alpha value is -3.09. The molecular weight excluding hydrogens is 339 g/mol. The highest BCUT2D eigenvalue weighted by molar-refractivity contribution is 5.95. The Balaban J connectivity index is 1.81. The Labute approximate surface area is 151 Å². The fourth-order valence-electron chi connectivity index (χ4n) is 1.99. The summed E-state index contributed by atoms with van der Waals surface area (Å²) in [6.07, 6.45) is 0.0255. The maximum atomic E-state index is 12.8. The molecule has 0 spiro atoms. The van der Waals surface area contributed by atoms with Crippen LogP contribution in [-0.2, 0) is 4.79 Å². The molecule has 0 bridgehead atoms. The predicted octanol–water partition coefficient (Wildman–Crippen LogP) is 2.84. The molecule has 0 radical (unpaired) electrons. The highest BCUT2D eigenvalue weighted by atomic mass is 19.1. The lowest BCUT2D eigenvalue weighted by molar-refractivity contribution is -0.128. The minimum absolute atomic E-state index is 0.350. The van der Waals surface area contributed by atoms with Gasteiger partial charge in [-0.15, -0.1) is 0 Å². The van der Waals surface area contributed by atoms with Crippen molar-refractivity contribution in [3.8, 4) is 11.5 Å². The highest BCUT2D eigenvalue weighted by Crippen LogP contribution is 2.13. The molecule has 2 rings (SSSR count). The second kappa shape index (κ2) is 9.41. The van der Waals surface area contributed by atoms with E-state index in [0.29, 0.717) is 23.7 Å². The normalized spacial score (nSPS) is 11.3. The van der Waals surface area contributed by atoms with E-state index in [2.05, 4.69) is 10.9 Å². The number of carbonyl (C=O) groups excluding carboxylic acids is 2. The lowest BCUT2D eigenvalue weighted by Gasteiger charge is -2.15. The van der Waals surface area contributed by atoms with E-state index in [4.69, 9.17) is 9.47 Å². The van der Waals surface area contributed by atoms with Crippen LogP contribution in [0.1, 0.15) is 30.6 Å². The van der Waals surface area contributed by atoms with Crippen molar-refractivity contribution in [1.82, 2.24) is 10.9 Å². The number of benzene rings is 2. The van der Waals surface area contributed by atoms with Crippen LogP contribution in [0.25, 0.3) is 0 Å². The lowest BCUT2D eigenvalue weighted by atomic mass is 10.2. The summed E-state index contributed by atoms with van der Waals surface area (Å²) in [4.78, 5) is 24.0. The van der Waals surface area contributed by atoms with Crippen molar-refractivity contribution in [3.63, 3.8) is 0 Å². The number of carbonyl (C=O) groups is 2. The van der Waals surface area contributed by atoms with E-state index >= 15 is 0 Å². The quantitative estimate of drug-likeness (QED) is 0.745. The minimum Gasteiger partial charge on any atom is -0.494 e. The zero-order chi connectivity index (χ0) is 18.9. The first kappa shape index (κ1) is 19.2. The summed E-state index contributed by atoms with van der Waals surface area (Å²) in [7, 11) is 0. The largest absolute Gasteiger partial charge is 0.494 e. The number of halogens is 1. The molecule has 2 N–H and O–H groups in total. The number of rotatable bonds is 7. The Kier molecular flexibility index (Phi) is 6.96. The van der Waals surface area contributed by atoms with Gasteiger partial charge in [0.1, 0.15) is 17.3 Å². The van der Waals surface area contributed by atoms with Gasteiger partial charge in [0.05, 0.1) is 6.61 Å². The first-order valence-corrected chi connectivity index (χ1v) is 8.25. The highest BCUT2D eigenvalue weighted by Gasteiger charge is 2.16. The molecule has 138 valence electrons. The molecule has 0 aromatic heterocycles. The summed E-state index contributed by atoms with van der Waals surface area (Å²) in [5.74, 6) is -0.371. The van der Waals surface area contributed by atoms with Crippen molar-refractivity contribution < 1.29 is 23.5 Å². The van der Waals surface area contributed by atoms with Crippen LogP contribution in [0, 0.1) is 5.82 Å². The molecule has 26 heavy (non-hydrogen) atoms. The van der Waals surface area contributed by atoms with Crippen LogP contribution in [0.15, 0.2) is 48.5 Å². The summed E-state index contributed by atoms with van der Waals surface area (Å²) >= 11 is 0. The van der Waals surface area contributed by atoms with Gasteiger partial charge in [-0.25, -0.2) is 4.39 Å². The number of nitrogens with one attached hydrogen (secondary N) is 2. The number of hydrogen-bond acceptors (Lipinski definition) is 4. The van der Waals surface area contributed by atoms with Crippen LogP contribution in [0.4, 0.5) is 4.39 Å². The van der Waals surface area contributed by atoms with Crippen molar-refractivity contribution in [1.29, 1.82) is 0 Å². The van der Waals surface area contributed by atoms with Gasteiger partial charge in [-0.3, -0.25) is 20.4 Å². The van der Waals surface area contributed by atoms with Crippen LogP contribution in [-0.4, -0.2) is 24.5 Å². The Morgan fingerprint density at radius 2 is 1.62 bits per heavy atom. The summed E-state index contributed by atoms with van der Waals surface area (Å²) in [5, 5.41) is 0. The summed E-state index contributed by atoms with van der Waals surface area (Å²) in [6, 6.07) is 11.9. The van der Waals surface area contributed by atoms with Crippen LogP contribution >= 0.6 is 0 Å². The van der Waals surface area contributed by atoms with Gasteiger partial charge in [0.25, 0.3) is 11.8 Å². The van der Waals surface area contributed by atoms with Gasteiger partial charge in [-0.05, 0) is 61.9 Å². The lowest BCUT2D eigenvalue weighted by Crippen LogP contribution is -2.47. The zero-order valence-electron chi connectivity index (χ0n) is 14.6. The molecule has 0 fully saturated rings. The van der Waals surface area contributed by atoms with Crippen LogP contribution in [0.3, 0.4) is 0 Å². The van der Waals surface area contributed by atoms with Gasteiger partial charge in [0.15, 0.2) is 6.10 Å². The van der Waals surface area contributed by atoms with E-state index in [-0.39, 0.29) is 0 Å². The van der Waals surface area contributed by atoms with Gasteiger partial charge in [-0.1, -0.05) is 6.92 Å². The Morgan fingerprint density at radius 3 is 2.23 bits per heavy atom. The fourth-order valence-corrected chi connectivity index (χ4v) is 1.99. The van der Waals surface area contributed by atoms with E-state index in [9.17, 15) is 14.0 Å². The average Bonchev–Trinajstić information content (AvgIpc) is 2.66. The van der Waals surface area contributed by atoms with Crippen molar-refractivity contribution in [2.75, 3.05) is 6.61 Å². The maximum absolute atomic E-state index is 12.8. The van der Waals surface area contributed by atoms with Crippen molar-refractivity contribution in [2.45, 2.75) is 26.4 Å². The molecule has 0 saturated heterocycles. The molecular formula is C19H21FN2O4. The summed E-state index contributed by atoms with van der Waals surface area (Å²) in [5.41, 5.74) is 4.99. The molecule has 2 aromatic rings. The van der Waals surface area contributed by atoms with E-state index in [1.165, 1.54) is 31.2 Å². The molecule has 2 aromatic carbocycles. The third kappa shape index (κ3) is 5.77. The molecule has 2 amide bonds. The number of hydrazine groups is 1. The summed E-state index contributed by atoms with van der Waals surface area (Å²) < 4.78 is 23.7. The number of ether oxygens (including phenoxy) is 2. The van der Waals surface area contributed by atoms with E-state index in [1.807, 2.05) is 6.92 Å². The Bertz CT molecular complexity index is 732. The van der Waals surface area contributed by atoms with Crippen LogP contribution in [0.2, 0.25) is 0 Å². The number of amides is 2. The predicted molar refractivity (Wildman–Crippen MR) is 94.3 cm³/mol. The minimum atomic E-state index is -0.870. The summed E-state index contributed by atoms with van der Waals surface area (Å²) in [6.45, 7) is 4.13. The maximum Gasteiger partial charge on any atom is 0.279 e. The molecule has 0 saturated carbocycles. The van der Waals surface area contributed by atoms with Gasteiger partial charge < -0.3 is 9.47 Å². The zero-order valence-corrected chi connectivity index (χ0v) is 14.6. The first-order valence-electron chi connectivity index (χ1n) is 8.25. The Morgan fingerprint density at radius 1 is 1.00 bits per heavy atom. The van der Waals surface area contributed by atoms with Crippen LogP contribution < -0.4 is 20.3 Å². The third-order valence-electron chi connectivity index (χ3n) is 3.38. The smallest absolute Gasteiger partial charge is 0.279 e. The SMILES string of the molecule is CCCOc1ccc(C(=O)NNC(=O)C(C)Oc2ccc(F)cc2)cc1. The molecule has 0 aliphatic heterocycles. The van der Waals surface area contributed by atoms with E-state index < -0.39 is 23.7 Å². The number of hydrogen-bond donors (Lipinski definition) is 2. The fraction of sp³-hybridized carbons (Fsp3) is 0.263. The molecule has 6 nitrogen and oxygen atoms in total. The van der Waals surface area contributed by atoms with Gasteiger partial charge >= 0.3 is 0 Å². The van der Waals surface area contributed by atoms with Gasteiger partial charge in [0, 0.05) is 5.56 Å². The van der Waals surface area contributed by atoms with Gasteiger partial charge in [0.2, 0.25) is 0 Å². The molecule has 1 unspecified atom stereocenters. The van der Waals surface area contributed by atoms with Gasteiger partial charge in [-0.2, -0.15) is 0 Å².